The maximum Gasteiger partial charge on any atom is 0.573 e. The zero-order valence-electron chi connectivity index (χ0n) is 19.4. The lowest BCUT2D eigenvalue weighted by Crippen LogP contribution is -2.36. The van der Waals surface area contributed by atoms with Gasteiger partial charge in [0, 0.05) is 5.69 Å². The standard InChI is InChI=1S/C22H8B4F8N2O4/c23-8-4-10(27)6(19(35)37)3-11(8)36-20(38)14-12(2-1-7(17(14)28)21(29,30)31)39-18-9(24)5-13(15(25)16(18)26)40-22(32,33)34/h1-5H,(H2,35,37)(H,36,38). The Morgan fingerprint density at radius 3 is 2.02 bits per heavy atom. The van der Waals surface area contributed by atoms with Gasteiger partial charge in [-0.3, -0.25) is 9.59 Å². The number of amides is 2. The van der Waals surface area contributed by atoms with Gasteiger partial charge in [0.25, 0.3) is 11.8 Å². The quantitative estimate of drug-likeness (QED) is 0.351. The predicted molar refractivity (Wildman–Crippen MR) is 129 cm³/mol. The molecular weight excluding hydrogens is 551 g/mol. The van der Waals surface area contributed by atoms with Gasteiger partial charge < -0.3 is 20.5 Å². The first-order valence-electron chi connectivity index (χ1n) is 10.3. The second-order valence-corrected chi connectivity index (χ2v) is 7.81. The van der Waals surface area contributed by atoms with Gasteiger partial charge >= 0.3 is 12.5 Å². The fraction of sp³-hybridized carbons (Fsp3) is 0.0909. The molecule has 0 aliphatic heterocycles. The average Bonchev–Trinajstić information content (AvgIpc) is 2.79. The van der Waals surface area contributed by atoms with Crippen molar-refractivity contribution in [2.75, 3.05) is 5.32 Å². The lowest BCUT2D eigenvalue weighted by Gasteiger charge is -2.21. The minimum atomic E-state index is -5.31. The Balaban J connectivity index is 2.15. The van der Waals surface area contributed by atoms with Crippen molar-refractivity contribution < 1.29 is 54.2 Å². The maximum absolute atomic E-state index is 15.1. The number of alkyl halides is 6. The van der Waals surface area contributed by atoms with Gasteiger partial charge in [0.05, 0.1) is 11.1 Å². The molecule has 0 heterocycles. The van der Waals surface area contributed by atoms with Gasteiger partial charge in [-0.15, -0.1) is 13.2 Å². The van der Waals surface area contributed by atoms with Crippen molar-refractivity contribution in [3.63, 3.8) is 0 Å². The van der Waals surface area contributed by atoms with E-state index in [0.29, 0.717) is 24.3 Å². The summed E-state index contributed by atoms with van der Waals surface area (Å²) in [5.74, 6) is -9.11. The topological polar surface area (TPSA) is 90.7 Å². The first-order valence-corrected chi connectivity index (χ1v) is 10.3. The third kappa shape index (κ3) is 6.37. The third-order valence-electron chi connectivity index (χ3n) is 5.08. The van der Waals surface area contributed by atoms with Crippen LogP contribution in [0.2, 0.25) is 0 Å². The van der Waals surface area contributed by atoms with Crippen molar-refractivity contribution in [2.24, 2.45) is 5.73 Å². The van der Waals surface area contributed by atoms with Crippen LogP contribution in [-0.4, -0.2) is 49.6 Å². The Kier molecular flexibility index (Phi) is 8.23. The van der Waals surface area contributed by atoms with Crippen LogP contribution < -0.4 is 42.4 Å². The number of carbonyl (C=O) groups excluding carboxylic acids is 2. The molecule has 0 aliphatic carbocycles. The minimum Gasteiger partial charge on any atom is -0.458 e. The molecule has 0 aliphatic rings. The lowest BCUT2D eigenvalue weighted by atomic mass is 9.75. The zero-order chi connectivity index (χ0) is 30.3. The fourth-order valence-corrected chi connectivity index (χ4v) is 3.27. The van der Waals surface area contributed by atoms with Crippen LogP contribution in [-0.2, 0) is 6.18 Å². The average molecular weight is 560 g/mol. The summed E-state index contributed by atoms with van der Waals surface area (Å²) < 4.78 is 116. The van der Waals surface area contributed by atoms with Gasteiger partial charge in [0.1, 0.15) is 60.0 Å². The molecule has 3 aromatic rings. The number of nitrogens with one attached hydrogen (secondary N) is 1. The molecule has 2 amide bonds. The number of ether oxygens (including phenoxy) is 2. The fourth-order valence-electron chi connectivity index (χ4n) is 3.27. The monoisotopic (exact) mass is 560 g/mol. The maximum atomic E-state index is 15.1. The molecule has 40 heavy (non-hydrogen) atoms. The Morgan fingerprint density at radius 1 is 0.850 bits per heavy atom. The van der Waals surface area contributed by atoms with Crippen LogP contribution in [0, 0.1) is 11.6 Å². The molecule has 0 unspecified atom stereocenters. The summed E-state index contributed by atoms with van der Waals surface area (Å²) in [4.78, 5) is 24.4. The number of benzene rings is 3. The summed E-state index contributed by atoms with van der Waals surface area (Å²) in [5.41, 5.74) is -2.57. The van der Waals surface area contributed by atoms with Gasteiger partial charge in [0.2, 0.25) is 0 Å². The van der Waals surface area contributed by atoms with Crippen LogP contribution in [0.15, 0.2) is 30.3 Å². The molecule has 18 heteroatoms. The molecule has 0 aromatic heterocycles. The van der Waals surface area contributed by atoms with Crippen LogP contribution >= 0.6 is 0 Å². The Morgan fingerprint density at radius 2 is 1.48 bits per heavy atom. The summed E-state index contributed by atoms with van der Waals surface area (Å²) in [7, 11) is 22.4. The van der Waals surface area contributed by atoms with E-state index in [1.807, 2.05) is 5.32 Å². The van der Waals surface area contributed by atoms with Crippen LogP contribution in [0.4, 0.5) is 40.8 Å². The molecule has 8 radical (unpaired) electrons. The number of rotatable bonds is 6. The highest BCUT2D eigenvalue weighted by atomic mass is 19.4. The molecule has 198 valence electrons. The smallest absolute Gasteiger partial charge is 0.458 e. The molecule has 0 saturated carbocycles. The van der Waals surface area contributed by atoms with Gasteiger partial charge in [-0.2, -0.15) is 13.2 Å². The molecular formula is C22H8B4F8N2O4. The summed E-state index contributed by atoms with van der Waals surface area (Å²) in [6.07, 6.45) is -10.5. The molecule has 0 saturated heterocycles. The number of primary amides is 1. The van der Waals surface area contributed by atoms with E-state index >= 15 is 4.39 Å². The number of hydrogen-bond donors (Lipinski definition) is 2. The predicted octanol–water partition coefficient (Wildman–Crippen LogP) is 1.20. The molecule has 3 aromatic carbocycles. The van der Waals surface area contributed by atoms with Crippen LogP contribution in [0.3, 0.4) is 0 Å². The van der Waals surface area contributed by atoms with Gasteiger partial charge in [0.15, 0.2) is 5.82 Å². The van der Waals surface area contributed by atoms with E-state index in [0.717, 1.165) is 0 Å². The molecule has 0 spiro atoms. The largest absolute Gasteiger partial charge is 0.573 e. The second-order valence-electron chi connectivity index (χ2n) is 7.81. The van der Waals surface area contributed by atoms with Gasteiger partial charge in [-0.25, -0.2) is 8.78 Å². The van der Waals surface area contributed by atoms with Crippen molar-refractivity contribution in [1.29, 1.82) is 0 Å². The van der Waals surface area contributed by atoms with Crippen molar-refractivity contribution in [3.8, 4) is 17.2 Å². The first-order chi connectivity index (χ1) is 18.3. The van der Waals surface area contributed by atoms with E-state index in [1.165, 1.54) is 0 Å². The van der Waals surface area contributed by atoms with Crippen LogP contribution in [0.5, 0.6) is 17.2 Å². The summed E-state index contributed by atoms with van der Waals surface area (Å²) in [6.45, 7) is 0. The summed E-state index contributed by atoms with van der Waals surface area (Å²) >= 11 is 0. The highest BCUT2D eigenvalue weighted by Gasteiger charge is 2.38. The van der Waals surface area contributed by atoms with Crippen molar-refractivity contribution in [1.82, 2.24) is 0 Å². The van der Waals surface area contributed by atoms with Crippen LogP contribution in [0.25, 0.3) is 0 Å². The molecule has 0 fully saturated rings. The van der Waals surface area contributed by atoms with E-state index in [2.05, 4.69) is 4.74 Å². The number of anilines is 1. The Hall–Kier alpha value is -4.10. The van der Waals surface area contributed by atoms with E-state index < -0.39 is 97.5 Å². The van der Waals surface area contributed by atoms with E-state index in [9.17, 15) is 40.3 Å². The molecule has 3 N–H and O–H groups in total. The molecule has 0 bridgehead atoms. The highest BCUT2D eigenvalue weighted by Crippen LogP contribution is 2.37. The minimum absolute atomic E-state index is 0.190. The highest BCUT2D eigenvalue weighted by molar-refractivity contribution is 6.53. The van der Waals surface area contributed by atoms with Crippen molar-refractivity contribution >= 4 is 70.7 Å². The van der Waals surface area contributed by atoms with Gasteiger partial charge in [-0.1, -0.05) is 21.9 Å². The molecule has 6 nitrogen and oxygen atoms in total. The van der Waals surface area contributed by atoms with E-state index in [-0.39, 0.29) is 6.07 Å². The van der Waals surface area contributed by atoms with E-state index in [4.69, 9.17) is 41.9 Å². The summed E-state index contributed by atoms with van der Waals surface area (Å²) in [6, 6.07) is 2.39. The second kappa shape index (κ2) is 10.8. The van der Waals surface area contributed by atoms with Crippen LogP contribution in [0.1, 0.15) is 26.3 Å². The van der Waals surface area contributed by atoms with E-state index in [1.54, 1.807) is 0 Å². The number of halogens is 8. The summed E-state index contributed by atoms with van der Waals surface area (Å²) in [5, 5.41) is 1.91. The molecule has 3 rings (SSSR count). The normalized spacial score (nSPS) is 11.7. The SMILES string of the molecule is [B]c1cc(F)c(C(N)=O)cc1NC(=O)c1c(Oc2c([B])cc(OC(F)(F)F)c([B])c2[B])ccc(C(F)(F)F)c1F. The van der Waals surface area contributed by atoms with Gasteiger partial charge in [-0.05, 0) is 30.3 Å². The Labute approximate surface area is 224 Å². The first kappa shape index (κ1) is 30.4. The van der Waals surface area contributed by atoms with Crippen molar-refractivity contribution in [3.05, 3.63) is 58.7 Å². The number of nitrogens with two attached hydrogens (primary N) is 1. The third-order valence-corrected chi connectivity index (χ3v) is 5.08. The number of carbonyl (C=O) groups is 2. The Bertz CT molecular complexity index is 1530. The zero-order valence-corrected chi connectivity index (χ0v) is 19.4. The lowest BCUT2D eigenvalue weighted by molar-refractivity contribution is -0.274. The number of hydrogen-bond acceptors (Lipinski definition) is 4. The van der Waals surface area contributed by atoms with Crippen molar-refractivity contribution in [2.45, 2.75) is 12.5 Å². The molecule has 0 atom stereocenters.